The summed E-state index contributed by atoms with van der Waals surface area (Å²) in [5.41, 5.74) is 2.30. The molecule has 0 aliphatic carbocycles. The van der Waals surface area contributed by atoms with Crippen LogP contribution in [0.15, 0.2) is 48.0 Å². The Labute approximate surface area is 224 Å². The Bertz CT molecular complexity index is 1150. The number of likely N-dealkylation sites (tertiary alicyclic amines) is 1. The topological polar surface area (TPSA) is 88.5 Å². The molecule has 0 aromatic heterocycles. The van der Waals surface area contributed by atoms with Crippen LogP contribution in [0.5, 0.6) is 11.5 Å². The van der Waals surface area contributed by atoms with Crippen LogP contribution in [0.25, 0.3) is 5.76 Å². The van der Waals surface area contributed by atoms with Gasteiger partial charge in [-0.2, -0.15) is 0 Å². The molecule has 1 atom stereocenters. The fourth-order valence-electron chi connectivity index (χ4n) is 4.91. The van der Waals surface area contributed by atoms with Crippen LogP contribution in [0.4, 0.5) is 0 Å². The molecule has 38 heavy (non-hydrogen) atoms. The molecule has 8 nitrogen and oxygen atoms in total. The van der Waals surface area contributed by atoms with E-state index < -0.39 is 17.7 Å². The fourth-order valence-corrected chi connectivity index (χ4v) is 4.91. The summed E-state index contributed by atoms with van der Waals surface area (Å²) >= 11 is 0. The minimum Gasteiger partial charge on any atom is -0.507 e. The van der Waals surface area contributed by atoms with E-state index >= 15 is 0 Å². The predicted octanol–water partition coefficient (Wildman–Crippen LogP) is 4.33. The van der Waals surface area contributed by atoms with Crippen molar-refractivity contribution in [3.63, 3.8) is 0 Å². The van der Waals surface area contributed by atoms with Gasteiger partial charge in [0.15, 0.2) is 11.5 Å². The molecule has 8 heteroatoms. The van der Waals surface area contributed by atoms with Crippen molar-refractivity contribution in [1.29, 1.82) is 0 Å². The molecule has 0 saturated carbocycles. The lowest BCUT2D eigenvalue weighted by molar-refractivity contribution is -0.140. The average Bonchev–Trinajstić information content (AvgIpc) is 3.19. The number of carbonyl (C=O) groups is 2. The molecule has 2 saturated heterocycles. The summed E-state index contributed by atoms with van der Waals surface area (Å²) in [6.45, 7) is 8.91. The summed E-state index contributed by atoms with van der Waals surface area (Å²) in [6, 6.07) is 12.0. The maximum Gasteiger partial charge on any atom is 0.295 e. The van der Waals surface area contributed by atoms with Gasteiger partial charge in [-0.05, 0) is 37.5 Å². The van der Waals surface area contributed by atoms with Crippen molar-refractivity contribution in [2.45, 2.75) is 39.2 Å². The van der Waals surface area contributed by atoms with Crippen LogP contribution in [0.3, 0.4) is 0 Å². The molecule has 2 fully saturated rings. The van der Waals surface area contributed by atoms with Crippen molar-refractivity contribution >= 4 is 17.4 Å². The van der Waals surface area contributed by atoms with Crippen LogP contribution >= 0.6 is 0 Å². The number of methoxy groups -OCH3 is 1. The van der Waals surface area contributed by atoms with Crippen molar-refractivity contribution in [3.8, 4) is 11.5 Å². The Hall–Kier alpha value is -3.36. The molecule has 2 aliphatic rings. The monoisotopic (exact) mass is 522 g/mol. The number of nitrogens with zero attached hydrogens (tertiary/aromatic N) is 2. The molecule has 1 amide bonds. The SMILES string of the molecule is CCCCOc1ccc(C2/C(=C(\O)c3ccc(C)cc3)C(=O)C(=O)N2CCCN2CCOCC2)cc1OC. The first-order valence-corrected chi connectivity index (χ1v) is 13.4. The van der Waals surface area contributed by atoms with Crippen molar-refractivity contribution in [2.24, 2.45) is 0 Å². The maximum absolute atomic E-state index is 13.3. The van der Waals surface area contributed by atoms with Crippen molar-refractivity contribution < 1.29 is 28.9 Å². The number of aliphatic hydroxyl groups excluding tert-OH is 1. The molecule has 0 radical (unpaired) electrons. The number of carbonyl (C=O) groups excluding carboxylic acids is 2. The van der Waals surface area contributed by atoms with E-state index in [2.05, 4.69) is 11.8 Å². The van der Waals surface area contributed by atoms with Gasteiger partial charge in [0.2, 0.25) is 0 Å². The summed E-state index contributed by atoms with van der Waals surface area (Å²) in [7, 11) is 1.57. The van der Waals surface area contributed by atoms with Gasteiger partial charge >= 0.3 is 0 Å². The quantitative estimate of drug-likeness (QED) is 0.203. The van der Waals surface area contributed by atoms with Crippen LogP contribution in [-0.4, -0.2) is 79.7 Å². The number of aryl methyl sites for hydroxylation is 1. The predicted molar refractivity (Wildman–Crippen MR) is 145 cm³/mol. The van der Waals surface area contributed by atoms with Gasteiger partial charge < -0.3 is 24.2 Å². The van der Waals surface area contributed by atoms with Gasteiger partial charge in [-0.15, -0.1) is 0 Å². The minimum atomic E-state index is -0.736. The summed E-state index contributed by atoms with van der Waals surface area (Å²) in [5, 5.41) is 11.3. The molecule has 1 N–H and O–H groups in total. The molecular formula is C30H38N2O6. The van der Waals surface area contributed by atoms with Crippen LogP contribution in [0.1, 0.15) is 48.9 Å². The van der Waals surface area contributed by atoms with Gasteiger partial charge in [0.05, 0.1) is 38.5 Å². The molecular weight excluding hydrogens is 484 g/mol. The number of unbranched alkanes of at least 4 members (excludes halogenated alkanes) is 1. The number of rotatable bonds is 11. The van der Waals surface area contributed by atoms with Gasteiger partial charge in [0.1, 0.15) is 5.76 Å². The zero-order valence-electron chi connectivity index (χ0n) is 22.6. The highest BCUT2D eigenvalue weighted by atomic mass is 16.5. The zero-order chi connectivity index (χ0) is 27.1. The highest BCUT2D eigenvalue weighted by molar-refractivity contribution is 6.46. The highest BCUT2D eigenvalue weighted by Gasteiger charge is 2.46. The standard InChI is InChI=1S/C30H38N2O6/c1-4-5-17-38-24-12-11-23(20-25(24)36-3)27-26(28(33)22-9-7-21(2)8-10-22)29(34)30(35)32(27)14-6-13-31-15-18-37-19-16-31/h7-12,20,27,33H,4-6,13-19H2,1-3H3/b28-26+. The molecule has 204 valence electrons. The summed E-state index contributed by atoms with van der Waals surface area (Å²) in [5.74, 6) is -0.332. The molecule has 2 aliphatic heterocycles. The zero-order valence-corrected chi connectivity index (χ0v) is 22.6. The molecule has 2 aromatic rings. The minimum absolute atomic E-state index is 0.0897. The van der Waals surface area contributed by atoms with E-state index in [1.54, 1.807) is 30.2 Å². The molecule has 2 aromatic carbocycles. The maximum atomic E-state index is 13.3. The first kappa shape index (κ1) is 27.7. The van der Waals surface area contributed by atoms with Crippen molar-refractivity contribution in [3.05, 3.63) is 64.7 Å². The largest absolute Gasteiger partial charge is 0.507 e. The van der Waals surface area contributed by atoms with E-state index in [1.165, 1.54) is 0 Å². The Kier molecular flexibility index (Phi) is 9.42. The van der Waals surface area contributed by atoms with Crippen LogP contribution in [-0.2, 0) is 14.3 Å². The van der Waals surface area contributed by atoms with Gasteiger partial charge in [-0.3, -0.25) is 14.5 Å². The van der Waals surface area contributed by atoms with Crippen molar-refractivity contribution in [2.75, 3.05) is 53.1 Å². The number of ketones is 1. The average molecular weight is 523 g/mol. The number of hydrogen-bond acceptors (Lipinski definition) is 7. The first-order valence-electron chi connectivity index (χ1n) is 13.4. The third kappa shape index (κ3) is 6.19. The second-order valence-corrected chi connectivity index (χ2v) is 9.78. The van der Waals surface area contributed by atoms with Crippen LogP contribution in [0, 0.1) is 6.92 Å². The van der Waals surface area contributed by atoms with Gasteiger partial charge in [0, 0.05) is 31.7 Å². The summed E-state index contributed by atoms with van der Waals surface area (Å²) < 4.78 is 16.9. The smallest absolute Gasteiger partial charge is 0.295 e. The first-order chi connectivity index (χ1) is 18.4. The van der Waals surface area contributed by atoms with E-state index in [4.69, 9.17) is 14.2 Å². The normalized spacial score (nSPS) is 19.7. The van der Waals surface area contributed by atoms with Gasteiger partial charge in [-0.1, -0.05) is 49.2 Å². The third-order valence-corrected chi connectivity index (χ3v) is 7.10. The second kappa shape index (κ2) is 12.9. The molecule has 0 bridgehead atoms. The summed E-state index contributed by atoms with van der Waals surface area (Å²) in [6.07, 6.45) is 2.63. The Morgan fingerprint density at radius 3 is 2.45 bits per heavy atom. The van der Waals surface area contributed by atoms with E-state index in [-0.39, 0.29) is 11.3 Å². The number of aliphatic hydroxyl groups is 1. The Morgan fingerprint density at radius 2 is 1.76 bits per heavy atom. The molecule has 0 spiro atoms. The van der Waals surface area contributed by atoms with Gasteiger partial charge in [-0.25, -0.2) is 0 Å². The lowest BCUT2D eigenvalue weighted by atomic mass is 9.94. The number of hydrogen-bond donors (Lipinski definition) is 1. The highest BCUT2D eigenvalue weighted by Crippen LogP contribution is 2.42. The van der Waals surface area contributed by atoms with Crippen molar-refractivity contribution in [1.82, 2.24) is 9.80 Å². The van der Waals surface area contributed by atoms with E-state index in [0.717, 1.165) is 38.0 Å². The number of Topliss-reactive ketones (excluding diaryl/α,β-unsaturated/α-hetero) is 1. The Balaban J connectivity index is 1.69. The van der Waals surface area contributed by atoms with Crippen LogP contribution in [0.2, 0.25) is 0 Å². The Morgan fingerprint density at radius 1 is 1.03 bits per heavy atom. The molecule has 2 heterocycles. The van der Waals surface area contributed by atoms with E-state index in [1.807, 2.05) is 31.2 Å². The van der Waals surface area contributed by atoms with E-state index in [9.17, 15) is 14.7 Å². The third-order valence-electron chi connectivity index (χ3n) is 7.10. The molecule has 4 rings (SSSR count). The number of benzene rings is 2. The number of morpholine rings is 1. The lowest BCUT2D eigenvalue weighted by Crippen LogP contribution is -2.39. The fraction of sp³-hybridized carbons (Fsp3) is 0.467. The van der Waals surface area contributed by atoms with Gasteiger partial charge in [0.25, 0.3) is 11.7 Å². The summed E-state index contributed by atoms with van der Waals surface area (Å²) in [4.78, 5) is 30.5. The second-order valence-electron chi connectivity index (χ2n) is 9.78. The van der Waals surface area contributed by atoms with Crippen LogP contribution < -0.4 is 9.47 Å². The lowest BCUT2D eigenvalue weighted by Gasteiger charge is -2.29. The molecule has 1 unspecified atom stereocenters. The number of ether oxygens (including phenoxy) is 3. The number of amides is 1. The van der Waals surface area contributed by atoms with E-state index in [0.29, 0.717) is 55.4 Å².